The van der Waals surface area contributed by atoms with E-state index in [9.17, 15) is 9.18 Å². The van der Waals surface area contributed by atoms with Crippen LogP contribution in [0.25, 0.3) is 0 Å². The Labute approximate surface area is 72.8 Å². The third-order valence-corrected chi connectivity index (χ3v) is 1.31. The van der Waals surface area contributed by atoms with Crippen LogP contribution >= 0.6 is 0 Å². The Kier molecular flexibility index (Phi) is 4.55. The number of allylic oxidation sites excluding steroid dienone is 1. The van der Waals surface area contributed by atoms with Crippen molar-refractivity contribution >= 4 is 5.91 Å². The highest BCUT2D eigenvalue weighted by atomic mass is 19.1. The van der Waals surface area contributed by atoms with Crippen molar-refractivity contribution in [3.05, 3.63) is 11.4 Å². The number of nitrogens with one attached hydrogen (secondary N) is 1. The zero-order chi connectivity index (χ0) is 9.72. The van der Waals surface area contributed by atoms with Crippen LogP contribution in [-0.4, -0.2) is 12.5 Å². The fraction of sp³-hybridized carbons (Fsp3) is 0.667. The minimum Gasteiger partial charge on any atom is -0.350 e. The number of carbonyl (C=O) groups excluding carboxylic acids is 1. The van der Waals surface area contributed by atoms with Crippen LogP contribution < -0.4 is 5.32 Å². The second-order valence-electron chi connectivity index (χ2n) is 3.42. The van der Waals surface area contributed by atoms with Gasteiger partial charge in [0, 0.05) is 6.54 Å². The lowest BCUT2D eigenvalue weighted by molar-refractivity contribution is -0.119. The highest BCUT2D eigenvalue weighted by Crippen LogP contribution is 2.04. The van der Waals surface area contributed by atoms with E-state index in [2.05, 4.69) is 5.32 Å². The maximum absolute atomic E-state index is 12.8. The van der Waals surface area contributed by atoms with Crippen molar-refractivity contribution < 1.29 is 9.18 Å². The first-order valence-electron chi connectivity index (χ1n) is 4.06. The van der Waals surface area contributed by atoms with Crippen molar-refractivity contribution in [1.82, 2.24) is 5.32 Å². The molecule has 0 unspecified atom stereocenters. The molecule has 2 nitrogen and oxygen atoms in total. The number of rotatable bonds is 3. The molecule has 0 atom stereocenters. The quantitative estimate of drug-likeness (QED) is 0.650. The molecule has 70 valence electrons. The molecule has 0 saturated carbocycles. The number of halogens is 1. The third-order valence-electron chi connectivity index (χ3n) is 1.31. The summed E-state index contributed by atoms with van der Waals surface area (Å²) >= 11 is 0. The van der Waals surface area contributed by atoms with E-state index >= 15 is 0 Å². The van der Waals surface area contributed by atoms with Gasteiger partial charge in [0.2, 0.25) is 0 Å². The predicted octanol–water partition coefficient (Wildman–Crippen LogP) is 2.02. The Bertz CT molecular complexity index is 193. The Morgan fingerprint density at radius 1 is 1.42 bits per heavy atom. The summed E-state index contributed by atoms with van der Waals surface area (Å²) in [5.41, 5.74) is 0.413. The minimum atomic E-state index is -0.671. The topological polar surface area (TPSA) is 29.1 Å². The Morgan fingerprint density at radius 3 is 2.25 bits per heavy atom. The highest BCUT2D eigenvalue weighted by molar-refractivity contribution is 5.91. The molecule has 1 N–H and O–H groups in total. The van der Waals surface area contributed by atoms with Gasteiger partial charge in [-0.1, -0.05) is 13.8 Å². The van der Waals surface area contributed by atoms with Gasteiger partial charge in [0.15, 0.2) is 5.83 Å². The Hall–Kier alpha value is -0.860. The van der Waals surface area contributed by atoms with Crippen LogP contribution in [0.4, 0.5) is 4.39 Å². The van der Waals surface area contributed by atoms with Crippen LogP contribution in [0.1, 0.15) is 27.7 Å². The van der Waals surface area contributed by atoms with Gasteiger partial charge in [0.05, 0.1) is 0 Å². The molecule has 0 aliphatic carbocycles. The van der Waals surface area contributed by atoms with Crippen molar-refractivity contribution in [3.8, 4) is 0 Å². The molecule has 0 aliphatic rings. The molecular formula is C9H16FNO. The lowest BCUT2D eigenvalue weighted by Gasteiger charge is -2.06. The number of amides is 1. The summed E-state index contributed by atoms with van der Waals surface area (Å²) in [5, 5.41) is 2.49. The maximum Gasteiger partial charge on any atom is 0.279 e. The fourth-order valence-corrected chi connectivity index (χ4v) is 0.601. The monoisotopic (exact) mass is 173 g/mol. The summed E-state index contributed by atoms with van der Waals surface area (Å²) in [6.07, 6.45) is 0. The van der Waals surface area contributed by atoms with Gasteiger partial charge in [0.1, 0.15) is 0 Å². The zero-order valence-corrected chi connectivity index (χ0v) is 8.07. The zero-order valence-electron chi connectivity index (χ0n) is 8.07. The molecule has 0 radical (unpaired) electrons. The van der Waals surface area contributed by atoms with Gasteiger partial charge in [-0.15, -0.1) is 0 Å². The van der Waals surface area contributed by atoms with Crippen LogP contribution in [0.3, 0.4) is 0 Å². The van der Waals surface area contributed by atoms with E-state index in [1.165, 1.54) is 0 Å². The lowest BCUT2D eigenvalue weighted by Crippen LogP contribution is -2.27. The van der Waals surface area contributed by atoms with Gasteiger partial charge < -0.3 is 5.32 Å². The molecule has 0 aliphatic heterocycles. The lowest BCUT2D eigenvalue weighted by atomic mass is 10.2. The molecule has 1 amide bonds. The van der Waals surface area contributed by atoms with E-state index in [0.29, 0.717) is 18.0 Å². The molecule has 0 heterocycles. The van der Waals surface area contributed by atoms with E-state index in [4.69, 9.17) is 0 Å². The molecule has 0 spiro atoms. The number of hydrogen-bond acceptors (Lipinski definition) is 1. The highest BCUT2D eigenvalue weighted by Gasteiger charge is 2.09. The van der Waals surface area contributed by atoms with E-state index in [1.54, 1.807) is 13.8 Å². The third kappa shape index (κ3) is 4.11. The van der Waals surface area contributed by atoms with Crippen LogP contribution in [0, 0.1) is 5.92 Å². The second kappa shape index (κ2) is 4.91. The van der Waals surface area contributed by atoms with Gasteiger partial charge in [-0.05, 0) is 25.3 Å². The Balaban J connectivity index is 3.98. The molecule has 0 aromatic heterocycles. The summed E-state index contributed by atoms with van der Waals surface area (Å²) < 4.78 is 12.8. The summed E-state index contributed by atoms with van der Waals surface area (Å²) in [4.78, 5) is 10.9. The van der Waals surface area contributed by atoms with Crippen molar-refractivity contribution in [3.63, 3.8) is 0 Å². The molecule has 0 aromatic rings. The SMILES string of the molecule is CC(C)=C(F)C(=O)NCC(C)C. The smallest absolute Gasteiger partial charge is 0.279 e. The molecule has 0 saturated heterocycles. The summed E-state index contributed by atoms with van der Waals surface area (Å²) in [7, 11) is 0. The van der Waals surface area contributed by atoms with Gasteiger partial charge in [0.25, 0.3) is 5.91 Å². The molecule has 0 fully saturated rings. The molecule has 12 heavy (non-hydrogen) atoms. The van der Waals surface area contributed by atoms with Gasteiger partial charge in [-0.3, -0.25) is 4.79 Å². The minimum absolute atomic E-state index is 0.346. The largest absolute Gasteiger partial charge is 0.350 e. The number of hydrogen-bond donors (Lipinski definition) is 1. The van der Waals surface area contributed by atoms with Crippen LogP contribution in [0.2, 0.25) is 0 Å². The van der Waals surface area contributed by atoms with E-state index in [1.807, 2.05) is 13.8 Å². The predicted molar refractivity (Wildman–Crippen MR) is 47.3 cm³/mol. The maximum atomic E-state index is 12.8. The van der Waals surface area contributed by atoms with Gasteiger partial charge in [-0.2, -0.15) is 0 Å². The molecule has 3 heteroatoms. The van der Waals surface area contributed by atoms with E-state index in [0.717, 1.165) is 0 Å². The van der Waals surface area contributed by atoms with Crippen molar-refractivity contribution in [1.29, 1.82) is 0 Å². The molecule has 0 aromatic carbocycles. The first-order valence-corrected chi connectivity index (χ1v) is 4.06. The molecule has 0 rings (SSSR count). The summed E-state index contributed by atoms with van der Waals surface area (Å²) in [6, 6.07) is 0. The van der Waals surface area contributed by atoms with Crippen molar-refractivity contribution in [2.45, 2.75) is 27.7 Å². The Morgan fingerprint density at radius 2 is 1.92 bits per heavy atom. The first kappa shape index (κ1) is 11.1. The van der Waals surface area contributed by atoms with E-state index < -0.39 is 11.7 Å². The van der Waals surface area contributed by atoms with Gasteiger partial charge >= 0.3 is 0 Å². The second-order valence-corrected chi connectivity index (χ2v) is 3.42. The van der Waals surface area contributed by atoms with Crippen LogP contribution in [0.5, 0.6) is 0 Å². The number of carbonyl (C=O) groups is 1. The molecular weight excluding hydrogens is 157 g/mol. The van der Waals surface area contributed by atoms with Crippen LogP contribution in [-0.2, 0) is 4.79 Å². The molecule has 0 bridgehead atoms. The normalized spacial score (nSPS) is 9.83. The standard InChI is InChI=1S/C9H16FNO/c1-6(2)5-11-9(12)8(10)7(3)4/h6H,5H2,1-4H3,(H,11,12). The summed E-state index contributed by atoms with van der Waals surface area (Å²) in [6.45, 7) is 7.58. The fourth-order valence-electron chi connectivity index (χ4n) is 0.601. The average Bonchev–Trinajstić information content (AvgIpc) is 1.98. The van der Waals surface area contributed by atoms with E-state index in [-0.39, 0.29) is 0 Å². The first-order chi connectivity index (χ1) is 5.45. The van der Waals surface area contributed by atoms with Crippen LogP contribution in [0.15, 0.2) is 11.4 Å². The van der Waals surface area contributed by atoms with Crippen molar-refractivity contribution in [2.75, 3.05) is 6.54 Å². The van der Waals surface area contributed by atoms with Gasteiger partial charge in [-0.25, -0.2) is 4.39 Å². The van der Waals surface area contributed by atoms with Crippen molar-refractivity contribution in [2.24, 2.45) is 5.92 Å². The average molecular weight is 173 g/mol. The summed E-state index contributed by atoms with van der Waals surface area (Å²) in [5.74, 6) is -0.932.